The van der Waals surface area contributed by atoms with Gasteiger partial charge < -0.3 is 5.73 Å². The van der Waals surface area contributed by atoms with Crippen molar-refractivity contribution >= 4 is 27.4 Å². The number of fused-ring (bicyclic) bond motifs is 1. The fourth-order valence-electron chi connectivity index (χ4n) is 1.92. The van der Waals surface area contributed by atoms with Gasteiger partial charge in [0.05, 0.1) is 0 Å². The first-order valence-corrected chi connectivity index (χ1v) is 6.73. The predicted octanol–water partition coefficient (Wildman–Crippen LogP) is 3.82. The molecule has 0 saturated heterocycles. The molecule has 0 radical (unpaired) electrons. The van der Waals surface area contributed by atoms with Gasteiger partial charge in [0.2, 0.25) is 0 Å². The van der Waals surface area contributed by atoms with Crippen LogP contribution in [0.3, 0.4) is 0 Å². The molecule has 0 fully saturated rings. The lowest BCUT2D eigenvalue weighted by Gasteiger charge is -2.11. The summed E-state index contributed by atoms with van der Waals surface area (Å²) < 4.78 is 0. The quantitative estimate of drug-likeness (QED) is 0.562. The summed E-state index contributed by atoms with van der Waals surface area (Å²) in [4.78, 5) is 1.40. The largest absolute Gasteiger partial charge is 0.399 e. The van der Waals surface area contributed by atoms with E-state index in [1.54, 1.807) is 0 Å². The van der Waals surface area contributed by atoms with Crippen LogP contribution >= 0.6 is 10.9 Å². The first-order valence-electron chi connectivity index (χ1n) is 5.25. The number of thiol groups is 1. The third-order valence-electron chi connectivity index (χ3n) is 2.75. The van der Waals surface area contributed by atoms with Gasteiger partial charge >= 0.3 is 0 Å². The highest BCUT2D eigenvalue weighted by molar-refractivity contribution is 8.22. The maximum atomic E-state index is 5.77. The summed E-state index contributed by atoms with van der Waals surface area (Å²) in [5.41, 5.74) is 6.59. The van der Waals surface area contributed by atoms with Crippen LogP contribution in [0.25, 0.3) is 10.8 Å². The molecular weight excluding hydrogens is 214 g/mol. The Balaban J connectivity index is 2.12. The van der Waals surface area contributed by atoms with Crippen LogP contribution < -0.4 is 5.73 Å². The Morgan fingerprint density at radius 1 is 0.812 bits per heavy atom. The van der Waals surface area contributed by atoms with Crippen molar-refractivity contribution in [2.75, 3.05) is 5.73 Å². The normalized spacial score (nSPS) is 16.1. The number of benzene rings is 2. The van der Waals surface area contributed by atoms with Crippen molar-refractivity contribution in [3.8, 4) is 0 Å². The molecule has 2 heteroatoms. The lowest BCUT2D eigenvalue weighted by molar-refractivity contribution is 1.51. The van der Waals surface area contributed by atoms with E-state index in [0.29, 0.717) is 0 Å². The summed E-state index contributed by atoms with van der Waals surface area (Å²) in [5.74, 6) is 0. The summed E-state index contributed by atoms with van der Waals surface area (Å²) >= 11 is 0. The lowest BCUT2D eigenvalue weighted by Crippen LogP contribution is -1.84. The first-order chi connectivity index (χ1) is 7.83. The zero-order valence-electron chi connectivity index (χ0n) is 8.80. The zero-order chi connectivity index (χ0) is 11.0. The SMILES string of the molecule is Nc1ccc2cc([SH]3C=CC=C3)ccc2c1. The van der Waals surface area contributed by atoms with E-state index >= 15 is 0 Å². The van der Waals surface area contributed by atoms with Crippen molar-refractivity contribution in [1.82, 2.24) is 0 Å². The number of nitrogen functional groups attached to an aromatic ring is 1. The number of hydrogen-bond donors (Lipinski definition) is 2. The third kappa shape index (κ3) is 1.61. The van der Waals surface area contributed by atoms with E-state index in [2.05, 4.69) is 47.2 Å². The summed E-state index contributed by atoms with van der Waals surface area (Å²) in [7, 11) is -0.213. The van der Waals surface area contributed by atoms with E-state index in [-0.39, 0.29) is 10.9 Å². The van der Waals surface area contributed by atoms with Gasteiger partial charge in [-0.05, 0) is 50.7 Å². The molecule has 1 aliphatic rings. The van der Waals surface area contributed by atoms with Crippen LogP contribution in [0.4, 0.5) is 5.69 Å². The van der Waals surface area contributed by atoms with Gasteiger partial charge in [-0.25, -0.2) is 0 Å². The van der Waals surface area contributed by atoms with Crippen LogP contribution in [0.5, 0.6) is 0 Å². The van der Waals surface area contributed by atoms with Crippen molar-refractivity contribution in [2.24, 2.45) is 0 Å². The minimum Gasteiger partial charge on any atom is -0.399 e. The molecule has 0 bridgehead atoms. The van der Waals surface area contributed by atoms with Crippen molar-refractivity contribution in [2.45, 2.75) is 4.90 Å². The minimum atomic E-state index is -0.213. The van der Waals surface area contributed by atoms with Gasteiger partial charge in [-0.2, -0.15) is 10.9 Å². The van der Waals surface area contributed by atoms with Crippen LogP contribution in [-0.2, 0) is 0 Å². The molecule has 0 amide bonds. The average Bonchev–Trinajstić information content (AvgIpc) is 2.82. The van der Waals surface area contributed by atoms with E-state index < -0.39 is 0 Å². The lowest BCUT2D eigenvalue weighted by atomic mass is 10.1. The summed E-state index contributed by atoms with van der Waals surface area (Å²) in [5, 5.41) is 7.02. The maximum Gasteiger partial charge on any atom is 0.0320 e. The molecule has 3 rings (SSSR count). The van der Waals surface area contributed by atoms with Gasteiger partial charge in [-0.3, -0.25) is 0 Å². The number of hydrogen-bond acceptors (Lipinski definition) is 1. The van der Waals surface area contributed by atoms with Crippen LogP contribution in [0.2, 0.25) is 0 Å². The average molecular weight is 227 g/mol. The van der Waals surface area contributed by atoms with E-state index in [4.69, 9.17) is 5.73 Å². The molecule has 0 unspecified atom stereocenters. The molecule has 16 heavy (non-hydrogen) atoms. The fourth-order valence-corrected chi connectivity index (χ4v) is 3.47. The summed E-state index contributed by atoms with van der Waals surface area (Å²) in [6.07, 6.45) is 4.25. The molecule has 2 aromatic rings. The maximum absolute atomic E-state index is 5.77. The van der Waals surface area contributed by atoms with Gasteiger partial charge in [0.1, 0.15) is 0 Å². The van der Waals surface area contributed by atoms with Gasteiger partial charge in [-0.1, -0.05) is 24.3 Å². The number of allylic oxidation sites excluding steroid dienone is 2. The van der Waals surface area contributed by atoms with Crippen LogP contribution in [-0.4, -0.2) is 0 Å². The van der Waals surface area contributed by atoms with E-state index in [9.17, 15) is 0 Å². The molecule has 0 atom stereocenters. The van der Waals surface area contributed by atoms with Crippen molar-refractivity contribution in [3.05, 3.63) is 59.4 Å². The fraction of sp³-hybridized carbons (Fsp3) is 0. The molecule has 0 saturated carbocycles. The molecule has 2 aromatic carbocycles. The zero-order valence-corrected chi connectivity index (χ0v) is 9.69. The molecule has 0 aliphatic carbocycles. The molecule has 2 N–H and O–H groups in total. The first kappa shape index (κ1) is 9.55. The molecule has 1 aliphatic heterocycles. The molecule has 0 aromatic heterocycles. The van der Waals surface area contributed by atoms with E-state index in [1.807, 2.05) is 12.1 Å². The Bertz CT molecular complexity index is 587. The Kier molecular flexibility index (Phi) is 2.22. The Hall–Kier alpha value is -1.67. The Morgan fingerprint density at radius 2 is 1.50 bits per heavy atom. The summed E-state index contributed by atoms with van der Waals surface area (Å²) in [6, 6.07) is 12.7. The smallest absolute Gasteiger partial charge is 0.0320 e. The highest BCUT2D eigenvalue weighted by atomic mass is 32.2. The predicted molar refractivity (Wildman–Crippen MR) is 73.9 cm³/mol. The molecule has 1 heterocycles. The number of nitrogens with two attached hydrogens (primary N) is 1. The highest BCUT2D eigenvalue weighted by Crippen LogP contribution is 2.42. The van der Waals surface area contributed by atoms with E-state index in [0.717, 1.165) is 5.69 Å². The van der Waals surface area contributed by atoms with Crippen LogP contribution in [0.1, 0.15) is 0 Å². The highest BCUT2D eigenvalue weighted by Gasteiger charge is 2.03. The van der Waals surface area contributed by atoms with Crippen LogP contribution in [0.15, 0.2) is 64.3 Å². The number of rotatable bonds is 1. The van der Waals surface area contributed by atoms with Crippen molar-refractivity contribution < 1.29 is 0 Å². The molecular formula is C14H13NS. The topological polar surface area (TPSA) is 26.0 Å². The standard InChI is InChI=1S/C14H13NS/c15-13-5-3-12-10-14(6-4-11(12)9-13)16-7-1-2-8-16/h1-10,16H,15H2. The van der Waals surface area contributed by atoms with Gasteiger partial charge in [0, 0.05) is 5.69 Å². The van der Waals surface area contributed by atoms with Gasteiger partial charge in [-0.15, -0.1) is 0 Å². The van der Waals surface area contributed by atoms with Crippen LogP contribution in [0, 0.1) is 0 Å². The second-order valence-corrected chi connectivity index (χ2v) is 5.81. The molecule has 80 valence electrons. The Morgan fingerprint density at radius 3 is 2.31 bits per heavy atom. The Labute approximate surface area is 97.6 Å². The van der Waals surface area contributed by atoms with Gasteiger partial charge in [0.25, 0.3) is 0 Å². The minimum absolute atomic E-state index is 0.213. The number of anilines is 1. The van der Waals surface area contributed by atoms with Gasteiger partial charge in [0.15, 0.2) is 0 Å². The summed E-state index contributed by atoms with van der Waals surface area (Å²) in [6.45, 7) is 0. The second-order valence-electron chi connectivity index (χ2n) is 3.88. The molecule has 0 spiro atoms. The molecule has 1 nitrogen and oxygen atoms in total. The van der Waals surface area contributed by atoms with Crippen molar-refractivity contribution in [3.63, 3.8) is 0 Å². The second kappa shape index (κ2) is 3.72. The van der Waals surface area contributed by atoms with Crippen molar-refractivity contribution in [1.29, 1.82) is 0 Å². The third-order valence-corrected chi connectivity index (χ3v) is 4.61. The van der Waals surface area contributed by atoms with E-state index in [1.165, 1.54) is 15.7 Å². The monoisotopic (exact) mass is 227 g/mol.